The summed E-state index contributed by atoms with van der Waals surface area (Å²) in [5, 5.41) is 10.6. The van der Waals surface area contributed by atoms with Gasteiger partial charge < -0.3 is 14.3 Å². The van der Waals surface area contributed by atoms with E-state index in [2.05, 4.69) is 0 Å². The van der Waals surface area contributed by atoms with Gasteiger partial charge in [-0.15, -0.1) is 0 Å². The van der Waals surface area contributed by atoms with Crippen molar-refractivity contribution in [1.29, 1.82) is 0 Å². The van der Waals surface area contributed by atoms with Gasteiger partial charge in [-0.25, -0.2) is 9.59 Å². The highest BCUT2D eigenvalue weighted by molar-refractivity contribution is 6.42. The second-order valence-corrected chi connectivity index (χ2v) is 5.79. The minimum absolute atomic E-state index is 0.0319. The second-order valence-electron chi connectivity index (χ2n) is 4.98. The van der Waals surface area contributed by atoms with Crippen molar-refractivity contribution in [3.63, 3.8) is 0 Å². The van der Waals surface area contributed by atoms with Crippen LogP contribution in [0.3, 0.4) is 0 Å². The lowest BCUT2D eigenvalue weighted by Crippen LogP contribution is -2.08. The van der Waals surface area contributed by atoms with Crippen LogP contribution in [0.1, 0.15) is 15.9 Å². The van der Waals surface area contributed by atoms with Crippen LogP contribution in [0.2, 0.25) is 10.0 Å². The molecule has 0 aliphatic heterocycles. The number of carbonyl (C=O) groups excluding carboxylic acids is 1. The van der Waals surface area contributed by atoms with Gasteiger partial charge in [-0.2, -0.15) is 0 Å². The predicted molar refractivity (Wildman–Crippen MR) is 89.7 cm³/mol. The van der Waals surface area contributed by atoms with Crippen molar-refractivity contribution in [2.24, 2.45) is 0 Å². The van der Waals surface area contributed by atoms with Gasteiger partial charge in [0.25, 0.3) is 0 Å². The van der Waals surface area contributed by atoms with Crippen molar-refractivity contribution in [1.82, 2.24) is 0 Å². The van der Waals surface area contributed by atoms with Crippen molar-refractivity contribution in [3.8, 4) is 5.75 Å². The number of benzene rings is 2. The highest BCUT2D eigenvalue weighted by Gasteiger charge is 2.12. The number of fused-ring (bicyclic) bond motifs is 1. The molecule has 0 saturated carbocycles. The molecule has 0 aliphatic carbocycles. The second kappa shape index (κ2) is 6.55. The third kappa shape index (κ3) is 3.37. The Kier molecular flexibility index (Phi) is 4.46. The first-order valence-electron chi connectivity index (χ1n) is 6.82. The summed E-state index contributed by atoms with van der Waals surface area (Å²) < 4.78 is 10.2. The molecule has 1 heterocycles. The fourth-order valence-corrected chi connectivity index (χ4v) is 2.49. The number of rotatable bonds is 3. The summed E-state index contributed by atoms with van der Waals surface area (Å²) in [4.78, 5) is 23.7. The van der Waals surface area contributed by atoms with E-state index in [1.807, 2.05) is 0 Å². The summed E-state index contributed by atoms with van der Waals surface area (Å²) in [7, 11) is 0. The summed E-state index contributed by atoms with van der Waals surface area (Å²) in [5.41, 5.74) is 0.320. The zero-order chi connectivity index (χ0) is 17.3. The molecule has 0 saturated heterocycles. The molecule has 122 valence electrons. The lowest BCUT2D eigenvalue weighted by Gasteiger charge is -2.08. The van der Waals surface area contributed by atoms with Crippen LogP contribution < -0.4 is 5.63 Å². The smallest absolute Gasteiger partial charge is 0.338 e. The van der Waals surface area contributed by atoms with Crippen LogP contribution in [-0.2, 0) is 11.3 Å². The Morgan fingerprint density at radius 3 is 2.62 bits per heavy atom. The van der Waals surface area contributed by atoms with E-state index < -0.39 is 11.6 Å². The molecular weight excluding hydrogens is 355 g/mol. The zero-order valence-electron chi connectivity index (χ0n) is 12.1. The Labute approximate surface area is 146 Å². The first kappa shape index (κ1) is 16.4. The van der Waals surface area contributed by atoms with Crippen LogP contribution in [0, 0.1) is 0 Å². The molecule has 0 amide bonds. The highest BCUT2D eigenvalue weighted by atomic mass is 35.5. The SMILES string of the molecule is O=C(OCc1cc(=O)oc2cc(O)ccc12)c1ccc(Cl)c(Cl)c1. The number of halogens is 2. The number of esters is 1. The van der Waals surface area contributed by atoms with Crippen LogP contribution in [0.15, 0.2) is 51.7 Å². The van der Waals surface area contributed by atoms with Crippen LogP contribution in [0.5, 0.6) is 5.75 Å². The molecule has 0 unspecified atom stereocenters. The van der Waals surface area contributed by atoms with Gasteiger partial charge >= 0.3 is 11.6 Å². The highest BCUT2D eigenvalue weighted by Crippen LogP contribution is 2.24. The molecule has 1 N–H and O–H groups in total. The molecule has 3 rings (SSSR count). The van der Waals surface area contributed by atoms with E-state index in [9.17, 15) is 14.7 Å². The van der Waals surface area contributed by atoms with Gasteiger partial charge in [-0.1, -0.05) is 23.2 Å². The molecular formula is C17H10Cl2O5. The Morgan fingerprint density at radius 1 is 1.08 bits per heavy atom. The molecule has 0 spiro atoms. The van der Waals surface area contributed by atoms with Gasteiger partial charge in [-0.05, 0) is 30.3 Å². The summed E-state index contributed by atoms with van der Waals surface area (Å²) in [6, 6.07) is 9.98. The maximum absolute atomic E-state index is 12.1. The first-order valence-corrected chi connectivity index (χ1v) is 7.57. The Bertz CT molecular complexity index is 994. The molecule has 24 heavy (non-hydrogen) atoms. The number of aromatic hydroxyl groups is 1. The molecule has 0 radical (unpaired) electrons. The zero-order valence-corrected chi connectivity index (χ0v) is 13.6. The Hall–Kier alpha value is -2.50. The average molecular weight is 365 g/mol. The van der Waals surface area contributed by atoms with Gasteiger partial charge in [0.2, 0.25) is 0 Å². The number of carbonyl (C=O) groups is 1. The molecule has 5 nitrogen and oxygen atoms in total. The molecule has 0 bridgehead atoms. The summed E-state index contributed by atoms with van der Waals surface area (Å²) in [6.07, 6.45) is 0. The third-order valence-corrected chi connectivity index (χ3v) is 4.07. The van der Waals surface area contributed by atoms with E-state index in [0.29, 0.717) is 16.0 Å². The average Bonchev–Trinajstić information content (AvgIpc) is 2.54. The van der Waals surface area contributed by atoms with E-state index in [1.165, 1.54) is 36.4 Å². The van der Waals surface area contributed by atoms with E-state index in [1.54, 1.807) is 6.07 Å². The number of hydrogen-bond donors (Lipinski definition) is 1. The van der Waals surface area contributed by atoms with Crippen molar-refractivity contribution in [3.05, 3.63) is 74.1 Å². The monoisotopic (exact) mass is 364 g/mol. The van der Waals surface area contributed by atoms with E-state index >= 15 is 0 Å². The van der Waals surface area contributed by atoms with Gasteiger partial charge in [0.1, 0.15) is 17.9 Å². The number of hydrogen-bond acceptors (Lipinski definition) is 5. The van der Waals surface area contributed by atoms with Crippen molar-refractivity contribution < 1.29 is 19.1 Å². The van der Waals surface area contributed by atoms with Gasteiger partial charge in [0.15, 0.2) is 0 Å². The summed E-state index contributed by atoms with van der Waals surface area (Å²) in [6.45, 7) is -0.133. The van der Waals surface area contributed by atoms with E-state index in [0.717, 1.165) is 0 Å². The summed E-state index contributed by atoms with van der Waals surface area (Å²) in [5.74, 6) is -0.635. The van der Waals surface area contributed by atoms with Crippen molar-refractivity contribution >= 4 is 40.1 Å². The van der Waals surface area contributed by atoms with Crippen LogP contribution >= 0.6 is 23.2 Å². The van der Waals surface area contributed by atoms with Crippen LogP contribution in [0.4, 0.5) is 0 Å². The maximum Gasteiger partial charge on any atom is 0.338 e. The fourth-order valence-electron chi connectivity index (χ4n) is 2.19. The molecule has 1 aromatic heterocycles. The number of phenols is 1. The molecule has 0 aliphatic rings. The Morgan fingerprint density at radius 2 is 1.88 bits per heavy atom. The predicted octanol–water partition coefficient (Wildman–Crippen LogP) is 4.16. The van der Waals surface area contributed by atoms with Crippen molar-refractivity contribution in [2.75, 3.05) is 0 Å². The molecule has 7 heteroatoms. The van der Waals surface area contributed by atoms with Gasteiger partial charge in [-0.3, -0.25) is 0 Å². The third-order valence-electron chi connectivity index (χ3n) is 3.33. The maximum atomic E-state index is 12.1. The topological polar surface area (TPSA) is 76.7 Å². The largest absolute Gasteiger partial charge is 0.508 e. The minimum Gasteiger partial charge on any atom is -0.508 e. The first-order chi connectivity index (χ1) is 11.4. The number of phenolic OH excluding ortho intramolecular Hbond substituents is 1. The van der Waals surface area contributed by atoms with E-state index in [-0.39, 0.29) is 28.5 Å². The lowest BCUT2D eigenvalue weighted by molar-refractivity contribution is 0.0474. The Balaban J connectivity index is 1.86. The molecule has 0 fully saturated rings. The standard InChI is InChI=1S/C17H10Cl2O5/c18-13-4-1-9(5-14(13)19)17(22)23-8-10-6-16(21)24-15-7-11(20)2-3-12(10)15/h1-7,20H,8H2. The fraction of sp³-hybridized carbons (Fsp3) is 0.0588. The minimum atomic E-state index is -0.603. The van der Waals surface area contributed by atoms with Gasteiger partial charge in [0.05, 0.1) is 15.6 Å². The van der Waals surface area contributed by atoms with Crippen LogP contribution in [-0.4, -0.2) is 11.1 Å². The normalized spacial score (nSPS) is 10.8. The molecule has 2 aromatic carbocycles. The molecule has 0 atom stereocenters. The summed E-state index contributed by atoms with van der Waals surface area (Å²) >= 11 is 11.7. The lowest BCUT2D eigenvalue weighted by atomic mass is 10.1. The molecule has 3 aromatic rings. The van der Waals surface area contributed by atoms with Gasteiger partial charge in [0, 0.05) is 23.1 Å². The quantitative estimate of drug-likeness (QED) is 0.557. The van der Waals surface area contributed by atoms with E-state index in [4.69, 9.17) is 32.4 Å². The number of ether oxygens (including phenoxy) is 1. The van der Waals surface area contributed by atoms with Crippen molar-refractivity contribution in [2.45, 2.75) is 6.61 Å². The van der Waals surface area contributed by atoms with Crippen LogP contribution in [0.25, 0.3) is 11.0 Å².